The smallest absolute Gasteiger partial charge is 0.303 e. The van der Waals surface area contributed by atoms with Gasteiger partial charge in [-0.2, -0.15) is 11.8 Å². The third-order valence-corrected chi connectivity index (χ3v) is 5.11. The van der Waals surface area contributed by atoms with E-state index in [1.807, 2.05) is 19.1 Å². The second kappa shape index (κ2) is 5.87. The van der Waals surface area contributed by atoms with Crippen molar-refractivity contribution >= 4 is 23.6 Å². The van der Waals surface area contributed by atoms with E-state index in [-0.39, 0.29) is 11.8 Å². The van der Waals surface area contributed by atoms with E-state index in [1.165, 1.54) is 5.56 Å². The molecule has 0 saturated heterocycles. The first-order valence-electron chi connectivity index (χ1n) is 6.61. The summed E-state index contributed by atoms with van der Waals surface area (Å²) in [6, 6.07) is 5.48. The van der Waals surface area contributed by atoms with E-state index in [9.17, 15) is 9.59 Å². The molecule has 1 aromatic carbocycles. The zero-order valence-corrected chi connectivity index (χ0v) is 12.3. The number of primary amides is 1. The Kier molecular flexibility index (Phi) is 4.38. The molecule has 1 aromatic rings. The average Bonchev–Trinajstić information content (AvgIpc) is 3.10. The highest BCUT2D eigenvalue weighted by atomic mass is 32.2. The summed E-state index contributed by atoms with van der Waals surface area (Å²) < 4.78 is 0. The predicted octanol–water partition coefficient (Wildman–Crippen LogP) is 2.58. The predicted molar refractivity (Wildman–Crippen MR) is 79.8 cm³/mol. The molecule has 0 radical (unpaired) electrons. The molecule has 0 aliphatic heterocycles. The summed E-state index contributed by atoms with van der Waals surface area (Å²) in [5, 5.41) is 8.88. The van der Waals surface area contributed by atoms with Crippen LogP contribution in [0, 0.1) is 12.3 Å². The molecule has 0 bridgehead atoms. The molecule has 3 N–H and O–H groups in total. The summed E-state index contributed by atoms with van der Waals surface area (Å²) in [4.78, 5) is 21.9. The number of carboxylic acids is 1. The van der Waals surface area contributed by atoms with Gasteiger partial charge in [0.1, 0.15) is 0 Å². The Bertz CT molecular complexity index is 538. The molecule has 0 unspecified atom stereocenters. The first-order chi connectivity index (χ1) is 9.42. The summed E-state index contributed by atoms with van der Waals surface area (Å²) in [7, 11) is 0. The lowest BCUT2D eigenvalue weighted by Crippen LogP contribution is -2.12. The largest absolute Gasteiger partial charge is 0.481 e. The molecule has 5 heteroatoms. The van der Waals surface area contributed by atoms with Gasteiger partial charge in [0.15, 0.2) is 0 Å². The number of amides is 1. The van der Waals surface area contributed by atoms with Gasteiger partial charge in [-0.05, 0) is 54.2 Å². The minimum absolute atomic E-state index is 0.0254. The maximum Gasteiger partial charge on any atom is 0.303 e. The van der Waals surface area contributed by atoms with Gasteiger partial charge in [0.2, 0.25) is 5.91 Å². The molecular formula is C15H19NO3S. The molecule has 0 atom stereocenters. The third kappa shape index (κ3) is 3.76. The summed E-state index contributed by atoms with van der Waals surface area (Å²) in [5.74, 6) is 0.610. The van der Waals surface area contributed by atoms with Crippen molar-refractivity contribution in [1.82, 2.24) is 0 Å². The summed E-state index contributed by atoms with van der Waals surface area (Å²) in [6.07, 6.45) is 2.32. The van der Waals surface area contributed by atoms with Crippen LogP contribution in [-0.4, -0.2) is 22.7 Å². The first kappa shape index (κ1) is 14.9. The molecule has 1 aliphatic rings. The van der Waals surface area contributed by atoms with Gasteiger partial charge in [0, 0.05) is 11.3 Å². The van der Waals surface area contributed by atoms with Gasteiger partial charge in [-0.15, -0.1) is 0 Å². The fourth-order valence-electron chi connectivity index (χ4n) is 2.26. The van der Waals surface area contributed by atoms with E-state index in [2.05, 4.69) is 0 Å². The van der Waals surface area contributed by atoms with Gasteiger partial charge in [0.25, 0.3) is 0 Å². The van der Waals surface area contributed by atoms with E-state index in [4.69, 9.17) is 10.8 Å². The fraction of sp³-hybridized carbons (Fsp3) is 0.467. The maximum absolute atomic E-state index is 11.1. The van der Waals surface area contributed by atoms with Crippen molar-refractivity contribution in [2.45, 2.75) is 31.9 Å². The number of hydrogen-bond donors (Lipinski definition) is 2. The van der Waals surface area contributed by atoms with Crippen LogP contribution in [0.15, 0.2) is 18.2 Å². The Labute approximate surface area is 122 Å². The molecule has 108 valence electrons. The second-order valence-corrected chi connectivity index (χ2v) is 6.55. The van der Waals surface area contributed by atoms with Crippen LogP contribution in [0.3, 0.4) is 0 Å². The molecule has 1 amide bonds. The van der Waals surface area contributed by atoms with Crippen LogP contribution in [0.1, 0.15) is 40.7 Å². The van der Waals surface area contributed by atoms with Crippen LogP contribution in [0.4, 0.5) is 0 Å². The standard InChI is InChI=1S/C15H19NO3S/c1-10-6-11(14(16)19)2-3-12(10)8-20-9-15(4-5-15)7-13(17)18/h2-3,6H,4-5,7-9H2,1H3,(H2,16,19)(H,17,18). The van der Waals surface area contributed by atoms with Crippen molar-refractivity contribution < 1.29 is 14.7 Å². The topological polar surface area (TPSA) is 80.4 Å². The van der Waals surface area contributed by atoms with Crippen LogP contribution >= 0.6 is 11.8 Å². The van der Waals surface area contributed by atoms with Crippen LogP contribution < -0.4 is 5.73 Å². The number of carbonyl (C=O) groups excluding carboxylic acids is 1. The van der Waals surface area contributed by atoms with Gasteiger partial charge in [-0.25, -0.2) is 0 Å². The number of aliphatic carboxylic acids is 1. The number of aryl methyl sites for hydroxylation is 1. The van der Waals surface area contributed by atoms with Gasteiger partial charge in [-0.3, -0.25) is 9.59 Å². The van der Waals surface area contributed by atoms with E-state index < -0.39 is 11.9 Å². The highest BCUT2D eigenvalue weighted by Crippen LogP contribution is 2.51. The molecule has 1 aliphatic carbocycles. The first-order valence-corrected chi connectivity index (χ1v) is 7.76. The van der Waals surface area contributed by atoms with Crippen molar-refractivity contribution in [3.05, 3.63) is 34.9 Å². The van der Waals surface area contributed by atoms with Crippen molar-refractivity contribution in [3.8, 4) is 0 Å². The van der Waals surface area contributed by atoms with Gasteiger partial charge < -0.3 is 10.8 Å². The molecule has 0 heterocycles. The van der Waals surface area contributed by atoms with Crippen molar-refractivity contribution in [2.24, 2.45) is 11.1 Å². The number of nitrogens with two attached hydrogens (primary N) is 1. The van der Waals surface area contributed by atoms with Crippen LogP contribution in [-0.2, 0) is 10.5 Å². The second-order valence-electron chi connectivity index (χ2n) is 5.57. The Morgan fingerprint density at radius 3 is 2.60 bits per heavy atom. The number of carboxylic acid groups (broad SMARTS) is 1. The minimum Gasteiger partial charge on any atom is -0.481 e. The fourth-order valence-corrected chi connectivity index (χ4v) is 3.73. The summed E-state index contributed by atoms with van der Waals surface area (Å²) in [6.45, 7) is 1.96. The Balaban J connectivity index is 1.88. The molecule has 1 fully saturated rings. The van der Waals surface area contributed by atoms with E-state index in [0.29, 0.717) is 5.56 Å². The van der Waals surface area contributed by atoms with Crippen LogP contribution in [0.5, 0.6) is 0 Å². The number of thioether (sulfide) groups is 1. The SMILES string of the molecule is Cc1cc(C(N)=O)ccc1CSCC1(CC(=O)O)CC1. The lowest BCUT2D eigenvalue weighted by molar-refractivity contribution is -0.138. The molecule has 20 heavy (non-hydrogen) atoms. The van der Waals surface area contributed by atoms with E-state index in [0.717, 1.165) is 29.9 Å². The maximum atomic E-state index is 11.1. The number of hydrogen-bond acceptors (Lipinski definition) is 3. The number of rotatable bonds is 7. The molecular weight excluding hydrogens is 274 g/mol. The van der Waals surface area contributed by atoms with Crippen LogP contribution in [0.2, 0.25) is 0 Å². The third-order valence-electron chi connectivity index (χ3n) is 3.78. The Morgan fingerprint density at radius 1 is 1.40 bits per heavy atom. The lowest BCUT2D eigenvalue weighted by Gasteiger charge is -2.13. The van der Waals surface area contributed by atoms with Gasteiger partial charge >= 0.3 is 5.97 Å². The molecule has 0 spiro atoms. The number of carbonyl (C=O) groups is 2. The monoisotopic (exact) mass is 293 g/mol. The molecule has 4 nitrogen and oxygen atoms in total. The van der Waals surface area contributed by atoms with Gasteiger partial charge in [-0.1, -0.05) is 6.07 Å². The van der Waals surface area contributed by atoms with Crippen molar-refractivity contribution in [2.75, 3.05) is 5.75 Å². The Hall–Kier alpha value is -1.49. The van der Waals surface area contributed by atoms with Crippen molar-refractivity contribution in [3.63, 3.8) is 0 Å². The normalized spacial score (nSPS) is 15.8. The van der Waals surface area contributed by atoms with Crippen molar-refractivity contribution in [1.29, 1.82) is 0 Å². The Morgan fingerprint density at radius 2 is 2.10 bits per heavy atom. The molecule has 1 saturated carbocycles. The van der Waals surface area contributed by atoms with Gasteiger partial charge in [0.05, 0.1) is 6.42 Å². The van der Waals surface area contributed by atoms with E-state index >= 15 is 0 Å². The quantitative estimate of drug-likeness (QED) is 0.809. The highest BCUT2D eigenvalue weighted by Gasteiger charge is 2.43. The summed E-state index contributed by atoms with van der Waals surface area (Å²) >= 11 is 1.77. The van der Waals surface area contributed by atoms with Crippen LogP contribution in [0.25, 0.3) is 0 Å². The molecule has 2 rings (SSSR count). The minimum atomic E-state index is -0.704. The summed E-state index contributed by atoms with van der Waals surface area (Å²) in [5.41, 5.74) is 8.02. The zero-order valence-electron chi connectivity index (χ0n) is 11.5. The average molecular weight is 293 g/mol. The zero-order chi connectivity index (χ0) is 14.8. The molecule has 0 aromatic heterocycles. The number of benzene rings is 1. The van der Waals surface area contributed by atoms with E-state index in [1.54, 1.807) is 17.8 Å². The lowest BCUT2D eigenvalue weighted by atomic mass is 10.1. The highest BCUT2D eigenvalue weighted by molar-refractivity contribution is 7.98.